The van der Waals surface area contributed by atoms with Crippen LogP contribution in [0.4, 0.5) is 8.78 Å². The molecule has 2 aromatic carbocycles. The van der Waals surface area contributed by atoms with Gasteiger partial charge in [-0.1, -0.05) is 38.1 Å². The van der Waals surface area contributed by atoms with Gasteiger partial charge in [-0.05, 0) is 55.2 Å². The minimum absolute atomic E-state index is 0.170. The Morgan fingerprint density at radius 2 is 1.73 bits per heavy atom. The number of ether oxygens (including phenoxy) is 2. The maximum Gasteiger partial charge on any atom is 0.325 e. The number of amides is 1. The number of hydrogen-bond acceptors (Lipinski definition) is 8. The van der Waals surface area contributed by atoms with E-state index in [9.17, 15) is 23.2 Å². The van der Waals surface area contributed by atoms with Gasteiger partial charge in [-0.25, -0.2) is 8.78 Å². The van der Waals surface area contributed by atoms with Crippen molar-refractivity contribution in [1.82, 2.24) is 9.91 Å². The van der Waals surface area contributed by atoms with Gasteiger partial charge in [-0.15, -0.1) is 0 Å². The Balaban J connectivity index is 1.75. The molecule has 0 spiro atoms. The Bertz CT molecular complexity index is 1260. The van der Waals surface area contributed by atoms with Crippen LogP contribution in [0.1, 0.15) is 44.7 Å². The molecule has 1 saturated heterocycles. The quantitative estimate of drug-likeness (QED) is 0.373. The fourth-order valence-electron chi connectivity index (χ4n) is 5.21. The smallest absolute Gasteiger partial charge is 0.325 e. The molecule has 0 bridgehead atoms. The normalized spacial score (nSPS) is 23.5. The number of nitrogens with two attached hydrogens (primary N) is 1. The van der Waals surface area contributed by atoms with Crippen molar-refractivity contribution >= 4 is 23.9 Å². The molecule has 0 aliphatic carbocycles. The van der Waals surface area contributed by atoms with E-state index in [0.29, 0.717) is 17.7 Å². The number of Topliss-reactive ketones (excluding diaryl/α,β-unsaturated/α-hetero) is 1. The van der Waals surface area contributed by atoms with Gasteiger partial charge in [-0.2, -0.15) is 5.10 Å². The van der Waals surface area contributed by atoms with Crippen molar-refractivity contribution in [2.45, 2.75) is 57.3 Å². The second-order valence-electron chi connectivity index (χ2n) is 10.5. The van der Waals surface area contributed by atoms with E-state index in [-0.39, 0.29) is 12.5 Å². The molecule has 40 heavy (non-hydrogen) atoms. The molecule has 9 nitrogen and oxygen atoms in total. The van der Waals surface area contributed by atoms with Gasteiger partial charge in [-0.3, -0.25) is 19.4 Å². The third-order valence-electron chi connectivity index (χ3n) is 7.61. The lowest BCUT2D eigenvalue weighted by molar-refractivity contribution is -0.197. The Morgan fingerprint density at radius 3 is 2.25 bits per heavy atom. The molecule has 1 amide bonds. The van der Waals surface area contributed by atoms with Crippen LogP contribution < -0.4 is 5.73 Å². The standard InChI is InChI=1S/C29H34F2N4O5/c1-5-34-15-22(24(18-8-6-10-20(30)12-18)19-9-7-11-21(31)13-19)35-26(27(34)37)29(4,23(36)14-33-35)40-16-39-28(38)25(32)17(2)3/h6-14,17,22,24-26H,5,15-16,32H2,1-4H3. The lowest BCUT2D eigenvalue weighted by Gasteiger charge is -2.52. The number of piperazine rings is 1. The number of hydrogen-bond donors (Lipinski definition) is 1. The van der Waals surface area contributed by atoms with Gasteiger partial charge in [0, 0.05) is 19.0 Å². The number of likely N-dealkylation sites (N-methyl/N-ethyl adjacent to an activating group) is 1. The molecule has 4 unspecified atom stereocenters. The summed E-state index contributed by atoms with van der Waals surface area (Å²) < 4.78 is 39.9. The largest absolute Gasteiger partial charge is 0.437 e. The van der Waals surface area contributed by atoms with Crippen LogP contribution in [0.25, 0.3) is 0 Å². The molecule has 0 radical (unpaired) electrons. The summed E-state index contributed by atoms with van der Waals surface area (Å²) in [5.41, 5.74) is 5.16. The van der Waals surface area contributed by atoms with Crippen molar-refractivity contribution in [3.05, 3.63) is 71.3 Å². The zero-order valence-corrected chi connectivity index (χ0v) is 22.9. The molecule has 4 atom stereocenters. The van der Waals surface area contributed by atoms with E-state index in [1.54, 1.807) is 49.9 Å². The summed E-state index contributed by atoms with van der Waals surface area (Å²) in [6.07, 6.45) is 1.06. The molecule has 0 aromatic heterocycles. The second-order valence-corrected chi connectivity index (χ2v) is 10.5. The first-order chi connectivity index (χ1) is 19.0. The molecule has 214 valence electrons. The first kappa shape index (κ1) is 29.3. The maximum atomic E-state index is 14.4. The zero-order valence-electron chi connectivity index (χ0n) is 22.9. The summed E-state index contributed by atoms with van der Waals surface area (Å²) in [6.45, 7) is 6.64. The average molecular weight is 557 g/mol. The predicted molar refractivity (Wildman–Crippen MR) is 143 cm³/mol. The van der Waals surface area contributed by atoms with Crippen LogP contribution in [0.5, 0.6) is 0 Å². The fraction of sp³-hybridized carbons (Fsp3) is 0.448. The van der Waals surface area contributed by atoms with Crippen molar-refractivity contribution in [1.29, 1.82) is 0 Å². The molecule has 2 aromatic rings. The molecule has 11 heteroatoms. The van der Waals surface area contributed by atoms with E-state index in [1.807, 2.05) is 0 Å². The van der Waals surface area contributed by atoms with Crippen LogP contribution in [-0.4, -0.2) is 77.4 Å². The van der Waals surface area contributed by atoms with E-state index >= 15 is 0 Å². The van der Waals surface area contributed by atoms with Gasteiger partial charge in [0.25, 0.3) is 5.91 Å². The van der Waals surface area contributed by atoms with Gasteiger partial charge in [0.1, 0.15) is 17.7 Å². The number of rotatable bonds is 9. The summed E-state index contributed by atoms with van der Waals surface area (Å²) in [5, 5.41) is 5.84. The number of carbonyl (C=O) groups excluding carboxylic acids is 3. The minimum atomic E-state index is -1.78. The number of carbonyl (C=O) groups is 3. The van der Waals surface area contributed by atoms with Gasteiger partial charge < -0.3 is 20.1 Å². The summed E-state index contributed by atoms with van der Waals surface area (Å²) >= 11 is 0. The van der Waals surface area contributed by atoms with Crippen molar-refractivity contribution in [3.8, 4) is 0 Å². The van der Waals surface area contributed by atoms with Crippen LogP contribution in [0.15, 0.2) is 53.6 Å². The highest BCUT2D eigenvalue weighted by Crippen LogP contribution is 2.40. The summed E-state index contributed by atoms with van der Waals surface area (Å²) in [6, 6.07) is 9.19. The lowest BCUT2D eigenvalue weighted by Crippen LogP contribution is -2.72. The van der Waals surface area contributed by atoms with E-state index in [4.69, 9.17) is 15.2 Å². The molecular weight excluding hydrogens is 522 g/mol. The maximum absolute atomic E-state index is 14.4. The molecule has 1 fully saturated rings. The molecule has 2 N–H and O–H groups in total. The van der Waals surface area contributed by atoms with Gasteiger partial charge >= 0.3 is 5.97 Å². The van der Waals surface area contributed by atoms with Crippen LogP contribution in [0.3, 0.4) is 0 Å². The van der Waals surface area contributed by atoms with Crippen LogP contribution >= 0.6 is 0 Å². The van der Waals surface area contributed by atoms with Gasteiger partial charge in [0.15, 0.2) is 18.4 Å². The van der Waals surface area contributed by atoms with Crippen LogP contribution in [0, 0.1) is 17.6 Å². The van der Waals surface area contributed by atoms with Crippen LogP contribution in [0.2, 0.25) is 0 Å². The third kappa shape index (κ3) is 5.62. The Kier molecular flexibility index (Phi) is 8.65. The average Bonchev–Trinajstić information content (AvgIpc) is 2.91. The van der Waals surface area contributed by atoms with Crippen molar-refractivity contribution in [3.63, 3.8) is 0 Å². The zero-order chi connectivity index (χ0) is 29.2. The number of esters is 1. The van der Waals surface area contributed by atoms with E-state index < -0.39 is 65.7 Å². The monoisotopic (exact) mass is 556 g/mol. The molecule has 2 aliphatic heterocycles. The van der Waals surface area contributed by atoms with Gasteiger partial charge in [0.05, 0.1) is 12.3 Å². The Morgan fingerprint density at radius 1 is 1.12 bits per heavy atom. The topological polar surface area (TPSA) is 115 Å². The molecule has 0 saturated carbocycles. The van der Waals surface area contributed by atoms with E-state index in [0.717, 1.165) is 6.21 Å². The highest BCUT2D eigenvalue weighted by molar-refractivity contribution is 6.32. The Hall–Kier alpha value is -3.70. The van der Waals surface area contributed by atoms with Crippen LogP contribution in [-0.2, 0) is 23.9 Å². The van der Waals surface area contributed by atoms with Crippen molar-refractivity contribution in [2.24, 2.45) is 16.8 Å². The first-order valence-electron chi connectivity index (χ1n) is 13.2. The highest BCUT2D eigenvalue weighted by atomic mass is 19.1. The minimum Gasteiger partial charge on any atom is -0.437 e. The van der Waals surface area contributed by atoms with Crippen molar-refractivity contribution < 1.29 is 32.6 Å². The summed E-state index contributed by atoms with van der Waals surface area (Å²) in [4.78, 5) is 40.8. The molecule has 2 aliphatic rings. The number of nitrogens with zero attached hydrogens (tertiary/aromatic N) is 3. The first-order valence-corrected chi connectivity index (χ1v) is 13.2. The van der Waals surface area contributed by atoms with Crippen molar-refractivity contribution in [2.75, 3.05) is 19.9 Å². The molecular formula is C29H34F2N4O5. The predicted octanol–water partition coefficient (Wildman–Crippen LogP) is 2.83. The fourth-order valence-corrected chi connectivity index (χ4v) is 5.21. The summed E-state index contributed by atoms with van der Waals surface area (Å²) in [5.74, 6) is -3.45. The van der Waals surface area contributed by atoms with E-state index in [1.165, 1.54) is 36.2 Å². The Labute approximate surface area is 231 Å². The van der Waals surface area contributed by atoms with Gasteiger partial charge in [0.2, 0.25) is 5.78 Å². The number of halogens is 2. The van der Waals surface area contributed by atoms with E-state index in [2.05, 4.69) is 5.10 Å². The molecule has 4 rings (SSSR count). The summed E-state index contributed by atoms with van der Waals surface area (Å²) in [7, 11) is 0. The second kappa shape index (κ2) is 11.8. The number of fused-ring (bicyclic) bond motifs is 1. The molecule has 2 heterocycles. The third-order valence-corrected chi connectivity index (χ3v) is 7.61. The number of ketones is 1. The number of benzene rings is 2. The highest BCUT2D eigenvalue weighted by Gasteiger charge is 2.57. The number of hydrazone groups is 1. The SMILES string of the molecule is CCN1CC(C(c2cccc(F)c2)c2cccc(F)c2)N2N=CC(=O)C(C)(OCOC(=O)C(N)C(C)C)C2C1=O. The lowest BCUT2D eigenvalue weighted by atomic mass is 9.79.